The van der Waals surface area contributed by atoms with Crippen molar-refractivity contribution in [3.63, 3.8) is 0 Å². The molecule has 1 aromatic heterocycles. The molecule has 2 heterocycles. The van der Waals surface area contributed by atoms with Gasteiger partial charge in [0.2, 0.25) is 0 Å². The van der Waals surface area contributed by atoms with Crippen molar-refractivity contribution in [2.75, 3.05) is 7.11 Å². The van der Waals surface area contributed by atoms with E-state index in [0.717, 1.165) is 11.1 Å². The van der Waals surface area contributed by atoms with Gasteiger partial charge in [-0.3, -0.25) is 0 Å². The Balaban J connectivity index is 1.74. The number of rotatable bonds is 4. The number of aliphatic hydroxyl groups excluding tert-OH is 3. The van der Waals surface area contributed by atoms with Gasteiger partial charge in [-0.2, -0.15) is 0 Å². The zero-order valence-electron chi connectivity index (χ0n) is 13.5. The molecule has 0 aliphatic carbocycles. The first-order chi connectivity index (χ1) is 11.5. The van der Waals surface area contributed by atoms with E-state index in [4.69, 9.17) is 9.47 Å². The van der Waals surface area contributed by atoms with Gasteiger partial charge in [-0.15, -0.1) is 5.10 Å². The zero-order chi connectivity index (χ0) is 17.3. The molecular formula is C16H21N3O5. The van der Waals surface area contributed by atoms with E-state index in [0.29, 0.717) is 5.69 Å². The number of benzene rings is 1. The standard InChI is InChI=1S/C16H21N3O5/c1-9-4-3-5-10(6-9)11-7-19(18-17-11)8-12-13(20)14(21)15(22)16(23-2)24-12/h3-7,12-16,20-22H,8H2,1-2H3/t12-,13-,14?,15+,16?/m1/s1. The summed E-state index contributed by atoms with van der Waals surface area (Å²) < 4.78 is 12.0. The van der Waals surface area contributed by atoms with Crippen molar-refractivity contribution in [3.8, 4) is 11.3 Å². The third-order valence-electron chi connectivity index (χ3n) is 4.12. The summed E-state index contributed by atoms with van der Waals surface area (Å²) >= 11 is 0. The molecule has 1 aromatic carbocycles. The molecule has 1 aliphatic rings. The highest BCUT2D eigenvalue weighted by Crippen LogP contribution is 2.23. The van der Waals surface area contributed by atoms with Gasteiger partial charge in [0.1, 0.15) is 30.1 Å². The van der Waals surface area contributed by atoms with Gasteiger partial charge in [-0.1, -0.05) is 29.0 Å². The lowest BCUT2D eigenvalue weighted by Gasteiger charge is -2.39. The van der Waals surface area contributed by atoms with Gasteiger partial charge < -0.3 is 24.8 Å². The molecule has 2 aromatic rings. The molecule has 0 amide bonds. The molecule has 1 fully saturated rings. The molecule has 0 radical (unpaired) electrons. The quantitative estimate of drug-likeness (QED) is 0.704. The topological polar surface area (TPSA) is 110 Å². The average Bonchev–Trinajstić information content (AvgIpc) is 3.04. The summed E-state index contributed by atoms with van der Waals surface area (Å²) in [5.41, 5.74) is 2.76. The highest BCUT2D eigenvalue weighted by molar-refractivity contribution is 5.58. The SMILES string of the molecule is COC1O[C@H](Cn2cc(-c3cccc(C)c3)nn2)[C@@H](O)C(O)[C@@H]1O. The lowest BCUT2D eigenvalue weighted by molar-refractivity contribution is -0.292. The predicted octanol–water partition coefficient (Wildman–Crippen LogP) is -0.292. The second-order valence-electron chi connectivity index (χ2n) is 5.95. The number of aliphatic hydroxyl groups is 3. The largest absolute Gasteiger partial charge is 0.388 e. The highest BCUT2D eigenvalue weighted by Gasteiger charge is 2.44. The third kappa shape index (κ3) is 3.33. The molecule has 1 aliphatic heterocycles. The van der Waals surface area contributed by atoms with Gasteiger partial charge in [0.25, 0.3) is 0 Å². The Morgan fingerprint density at radius 1 is 1.21 bits per heavy atom. The van der Waals surface area contributed by atoms with Gasteiger partial charge in [0, 0.05) is 12.7 Å². The number of ether oxygens (including phenoxy) is 2. The summed E-state index contributed by atoms with van der Waals surface area (Å²) in [6.45, 7) is 2.17. The van der Waals surface area contributed by atoms with Crippen LogP contribution in [0.25, 0.3) is 11.3 Å². The van der Waals surface area contributed by atoms with Crippen LogP contribution in [0, 0.1) is 6.92 Å². The van der Waals surface area contributed by atoms with E-state index < -0.39 is 30.7 Å². The van der Waals surface area contributed by atoms with E-state index in [2.05, 4.69) is 10.3 Å². The van der Waals surface area contributed by atoms with Crippen molar-refractivity contribution in [1.82, 2.24) is 15.0 Å². The van der Waals surface area contributed by atoms with E-state index in [9.17, 15) is 15.3 Å². The van der Waals surface area contributed by atoms with Crippen molar-refractivity contribution < 1.29 is 24.8 Å². The van der Waals surface area contributed by atoms with Crippen LogP contribution < -0.4 is 0 Å². The van der Waals surface area contributed by atoms with Crippen molar-refractivity contribution in [2.45, 2.75) is 44.2 Å². The highest BCUT2D eigenvalue weighted by atomic mass is 16.7. The first-order valence-electron chi connectivity index (χ1n) is 7.69. The summed E-state index contributed by atoms with van der Waals surface area (Å²) in [5, 5.41) is 37.9. The van der Waals surface area contributed by atoms with Crippen molar-refractivity contribution in [3.05, 3.63) is 36.0 Å². The predicted molar refractivity (Wildman–Crippen MR) is 83.9 cm³/mol. The number of aryl methyl sites for hydroxylation is 1. The third-order valence-corrected chi connectivity index (χ3v) is 4.12. The molecule has 130 valence electrons. The smallest absolute Gasteiger partial charge is 0.186 e. The maximum atomic E-state index is 10.1. The number of hydrogen-bond acceptors (Lipinski definition) is 7. The van der Waals surface area contributed by atoms with E-state index in [1.54, 1.807) is 6.20 Å². The Labute approximate surface area is 139 Å². The summed E-state index contributed by atoms with van der Waals surface area (Å²) in [7, 11) is 1.36. The second kappa shape index (κ2) is 6.96. The normalized spacial score (nSPS) is 30.5. The van der Waals surface area contributed by atoms with Gasteiger partial charge in [-0.05, 0) is 13.0 Å². The number of aromatic nitrogens is 3. The van der Waals surface area contributed by atoms with Gasteiger partial charge in [0.05, 0.1) is 12.7 Å². The van der Waals surface area contributed by atoms with Crippen LogP contribution in [0.2, 0.25) is 0 Å². The minimum Gasteiger partial charge on any atom is -0.388 e. The molecule has 24 heavy (non-hydrogen) atoms. The zero-order valence-corrected chi connectivity index (χ0v) is 13.5. The number of nitrogens with zero attached hydrogens (tertiary/aromatic N) is 3. The molecule has 5 atom stereocenters. The van der Waals surface area contributed by atoms with Crippen LogP contribution >= 0.6 is 0 Å². The van der Waals surface area contributed by atoms with Crippen LogP contribution in [0.5, 0.6) is 0 Å². The summed E-state index contributed by atoms with van der Waals surface area (Å²) in [6, 6.07) is 7.88. The summed E-state index contributed by atoms with van der Waals surface area (Å²) in [5.74, 6) is 0. The molecule has 2 unspecified atom stereocenters. The first kappa shape index (κ1) is 17.0. The minimum absolute atomic E-state index is 0.170. The van der Waals surface area contributed by atoms with Crippen LogP contribution in [-0.2, 0) is 16.0 Å². The molecule has 0 bridgehead atoms. The Morgan fingerprint density at radius 2 is 2.00 bits per heavy atom. The van der Waals surface area contributed by atoms with Crippen LogP contribution in [0.4, 0.5) is 0 Å². The second-order valence-corrected chi connectivity index (χ2v) is 5.95. The van der Waals surface area contributed by atoms with E-state index in [1.165, 1.54) is 11.8 Å². The first-order valence-corrected chi connectivity index (χ1v) is 7.69. The Bertz CT molecular complexity index is 690. The fourth-order valence-corrected chi connectivity index (χ4v) is 2.77. The molecule has 0 spiro atoms. The van der Waals surface area contributed by atoms with Gasteiger partial charge in [-0.25, -0.2) is 4.68 Å². The molecule has 3 N–H and O–H groups in total. The van der Waals surface area contributed by atoms with Crippen molar-refractivity contribution in [1.29, 1.82) is 0 Å². The Kier molecular flexibility index (Phi) is 4.93. The molecule has 8 heteroatoms. The number of hydrogen-bond donors (Lipinski definition) is 3. The van der Waals surface area contributed by atoms with Crippen molar-refractivity contribution >= 4 is 0 Å². The molecule has 1 saturated heterocycles. The van der Waals surface area contributed by atoms with Gasteiger partial charge in [0.15, 0.2) is 6.29 Å². The van der Waals surface area contributed by atoms with E-state index >= 15 is 0 Å². The fourth-order valence-electron chi connectivity index (χ4n) is 2.77. The fraction of sp³-hybridized carbons (Fsp3) is 0.500. The number of methoxy groups -OCH3 is 1. The maximum Gasteiger partial charge on any atom is 0.186 e. The lowest BCUT2D eigenvalue weighted by Crippen LogP contribution is -2.58. The van der Waals surface area contributed by atoms with E-state index in [1.807, 2.05) is 31.2 Å². The summed E-state index contributed by atoms with van der Waals surface area (Å²) in [4.78, 5) is 0. The molecule has 8 nitrogen and oxygen atoms in total. The Morgan fingerprint density at radius 3 is 2.71 bits per heavy atom. The van der Waals surface area contributed by atoms with Gasteiger partial charge >= 0.3 is 0 Å². The molecule has 0 saturated carbocycles. The Hall–Kier alpha value is -1.84. The van der Waals surface area contributed by atoms with Crippen LogP contribution in [0.15, 0.2) is 30.5 Å². The molecule has 3 rings (SSSR count). The van der Waals surface area contributed by atoms with Crippen molar-refractivity contribution in [2.24, 2.45) is 0 Å². The minimum atomic E-state index is -1.35. The van der Waals surface area contributed by atoms with Crippen LogP contribution in [0.3, 0.4) is 0 Å². The van der Waals surface area contributed by atoms with Crippen LogP contribution in [0.1, 0.15) is 5.56 Å². The summed E-state index contributed by atoms with van der Waals surface area (Å²) in [6.07, 6.45) is -3.95. The monoisotopic (exact) mass is 335 g/mol. The van der Waals surface area contributed by atoms with Crippen LogP contribution in [-0.4, -0.2) is 68.1 Å². The maximum absolute atomic E-state index is 10.1. The molecular weight excluding hydrogens is 314 g/mol. The van der Waals surface area contributed by atoms with E-state index in [-0.39, 0.29) is 6.54 Å². The lowest BCUT2D eigenvalue weighted by atomic mass is 9.99. The average molecular weight is 335 g/mol.